The molecule has 0 fully saturated rings. The third-order valence-corrected chi connectivity index (χ3v) is 2.01. The summed E-state index contributed by atoms with van der Waals surface area (Å²) >= 11 is 0. The molecule has 0 aliphatic rings. The molecule has 0 aliphatic heterocycles. The number of benzene rings is 1. The third kappa shape index (κ3) is 2.89. The van der Waals surface area contributed by atoms with Gasteiger partial charge in [0.1, 0.15) is 6.07 Å². The first-order valence-electron chi connectivity index (χ1n) is 4.56. The molecule has 0 saturated carbocycles. The maximum Gasteiger partial charge on any atom is 0.328 e. The summed E-state index contributed by atoms with van der Waals surface area (Å²) in [7, 11) is 0. The molecule has 0 atom stereocenters. The van der Waals surface area contributed by atoms with Gasteiger partial charge >= 0.3 is 5.97 Å². The molecule has 6 nitrogen and oxygen atoms in total. The number of nitriles is 1. The molecule has 0 aliphatic carbocycles. The standard InChI is InChI=1S/C11H8N2O4/c1-7-4-8(6-12)9(2-3-11(14)15)10(5-7)13(16)17/h2-5H,1H3,(H,14,15)/b3-2+. The number of aliphatic carboxylic acids is 1. The Bertz CT molecular complexity index is 555. The van der Waals surface area contributed by atoms with E-state index < -0.39 is 10.9 Å². The normalized spacial score (nSPS) is 10.1. The Balaban J connectivity index is 3.48. The fourth-order valence-electron chi connectivity index (χ4n) is 1.35. The van der Waals surface area contributed by atoms with E-state index in [1.807, 2.05) is 0 Å². The van der Waals surface area contributed by atoms with Crippen LogP contribution in [-0.2, 0) is 4.79 Å². The van der Waals surface area contributed by atoms with Crippen molar-refractivity contribution in [3.05, 3.63) is 45.0 Å². The number of carboxylic acids is 1. The van der Waals surface area contributed by atoms with Crippen molar-refractivity contribution in [3.8, 4) is 6.07 Å². The first-order valence-corrected chi connectivity index (χ1v) is 4.56. The Labute approximate surface area is 96.6 Å². The smallest absolute Gasteiger partial charge is 0.328 e. The second kappa shape index (κ2) is 4.90. The Kier molecular flexibility index (Phi) is 3.57. The second-order valence-electron chi connectivity index (χ2n) is 3.29. The van der Waals surface area contributed by atoms with E-state index in [1.165, 1.54) is 12.1 Å². The van der Waals surface area contributed by atoms with Crippen molar-refractivity contribution in [1.29, 1.82) is 5.26 Å². The van der Waals surface area contributed by atoms with E-state index >= 15 is 0 Å². The minimum absolute atomic E-state index is 0.00509. The van der Waals surface area contributed by atoms with Gasteiger partial charge in [-0.3, -0.25) is 10.1 Å². The molecule has 0 radical (unpaired) electrons. The molecule has 86 valence electrons. The van der Waals surface area contributed by atoms with Crippen LogP contribution in [0.15, 0.2) is 18.2 Å². The lowest BCUT2D eigenvalue weighted by molar-refractivity contribution is -0.385. The van der Waals surface area contributed by atoms with Crippen LogP contribution in [0.4, 0.5) is 5.69 Å². The number of nitro benzene ring substituents is 1. The van der Waals surface area contributed by atoms with Gasteiger partial charge in [0.25, 0.3) is 5.69 Å². The summed E-state index contributed by atoms with van der Waals surface area (Å²) in [5, 5.41) is 28.1. The minimum atomic E-state index is -1.23. The first-order chi connectivity index (χ1) is 7.95. The van der Waals surface area contributed by atoms with Gasteiger partial charge < -0.3 is 5.11 Å². The first kappa shape index (κ1) is 12.4. The van der Waals surface area contributed by atoms with Crippen molar-refractivity contribution in [2.24, 2.45) is 0 Å². The molecular weight excluding hydrogens is 224 g/mol. The molecule has 0 aromatic heterocycles. The van der Waals surface area contributed by atoms with Gasteiger partial charge in [-0.15, -0.1) is 0 Å². The molecule has 0 heterocycles. The fourth-order valence-corrected chi connectivity index (χ4v) is 1.35. The van der Waals surface area contributed by atoms with Crippen LogP contribution in [0.3, 0.4) is 0 Å². The number of aryl methyl sites for hydroxylation is 1. The lowest BCUT2D eigenvalue weighted by Gasteiger charge is -2.01. The predicted molar refractivity (Wildman–Crippen MR) is 59.2 cm³/mol. The van der Waals surface area contributed by atoms with Crippen molar-refractivity contribution < 1.29 is 14.8 Å². The summed E-state index contributed by atoms with van der Waals surface area (Å²) in [5.74, 6) is -1.23. The van der Waals surface area contributed by atoms with Crippen molar-refractivity contribution in [3.63, 3.8) is 0 Å². The number of hydrogen-bond acceptors (Lipinski definition) is 4. The molecule has 0 unspecified atom stereocenters. The third-order valence-electron chi connectivity index (χ3n) is 2.01. The lowest BCUT2D eigenvalue weighted by Crippen LogP contribution is -1.96. The summed E-state index contributed by atoms with van der Waals surface area (Å²) in [4.78, 5) is 20.5. The van der Waals surface area contributed by atoms with E-state index in [0.717, 1.165) is 12.2 Å². The molecule has 1 N–H and O–H groups in total. The zero-order valence-electron chi connectivity index (χ0n) is 8.88. The summed E-state index contributed by atoms with van der Waals surface area (Å²) < 4.78 is 0. The topological polar surface area (TPSA) is 104 Å². The van der Waals surface area contributed by atoms with Gasteiger partial charge in [0, 0.05) is 12.1 Å². The molecule has 0 saturated heterocycles. The summed E-state index contributed by atoms with van der Waals surface area (Å²) in [5.41, 5.74) is 0.375. The molecule has 1 aromatic carbocycles. The molecule has 0 bridgehead atoms. The van der Waals surface area contributed by atoms with Crippen LogP contribution >= 0.6 is 0 Å². The number of carbonyl (C=O) groups is 1. The van der Waals surface area contributed by atoms with E-state index in [0.29, 0.717) is 5.56 Å². The highest BCUT2D eigenvalue weighted by Crippen LogP contribution is 2.25. The van der Waals surface area contributed by atoms with Crippen LogP contribution in [0.1, 0.15) is 16.7 Å². The van der Waals surface area contributed by atoms with Crippen LogP contribution in [0.5, 0.6) is 0 Å². The summed E-state index contributed by atoms with van der Waals surface area (Å²) in [6, 6.07) is 4.57. The zero-order chi connectivity index (χ0) is 13.0. The Hall–Kier alpha value is -2.68. The Morgan fingerprint density at radius 2 is 2.24 bits per heavy atom. The number of nitrogens with zero attached hydrogens (tertiary/aromatic N) is 2. The van der Waals surface area contributed by atoms with E-state index in [-0.39, 0.29) is 16.8 Å². The maximum atomic E-state index is 10.8. The lowest BCUT2D eigenvalue weighted by atomic mass is 10.0. The highest BCUT2D eigenvalue weighted by molar-refractivity contribution is 5.87. The number of carboxylic acid groups (broad SMARTS) is 1. The highest BCUT2D eigenvalue weighted by Gasteiger charge is 2.16. The van der Waals surface area contributed by atoms with E-state index in [1.54, 1.807) is 13.0 Å². The second-order valence-corrected chi connectivity index (χ2v) is 3.29. The number of hydrogen-bond donors (Lipinski definition) is 1. The van der Waals surface area contributed by atoms with Crippen LogP contribution in [-0.4, -0.2) is 16.0 Å². The van der Waals surface area contributed by atoms with Gasteiger partial charge in [-0.25, -0.2) is 4.79 Å². The van der Waals surface area contributed by atoms with Gasteiger partial charge in [0.05, 0.1) is 16.1 Å². The van der Waals surface area contributed by atoms with Crippen LogP contribution in [0.25, 0.3) is 6.08 Å². The van der Waals surface area contributed by atoms with Gasteiger partial charge in [-0.05, 0) is 24.6 Å². The Morgan fingerprint density at radius 3 is 2.71 bits per heavy atom. The fraction of sp³-hybridized carbons (Fsp3) is 0.0909. The molecule has 6 heteroatoms. The van der Waals surface area contributed by atoms with E-state index in [9.17, 15) is 14.9 Å². The predicted octanol–water partition coefficient (Wildman–Crippen LogP) is 1.87. The number of nitro groups is 1. The van der Waals surface area contributed by atoms with E-state index in [4.69, 9.17) is 10.4 Å². The molecule has 17 heavy (non-hydrogen) atoms. The van der Waals surface area contributed by atoms with Crippen molar-refractivity contribution in [2.45, 2.75) is 6.92 Å². The SMILES string of the molecule is Cc1cc(C#N)c(/C=C/C(=O)O)c([N+](=O)[O-])c1. The van der Waals surface area contributed by atoms with Gasteiger partial charge in [-0.2, -0.15) is 5.26 Å². The van der Waals surface area contributed by atoms with Gasteiger partial charge in [0.15, 0.2) is 0 Å². The summed E-state index contributed by atoms with van der Waals surface area (Å²) in [6.45, 7) is 1.62. The maximum absolute atomic E-state index is 10.8. The monoisotopic (exact) mass is 232 g/mol. The molecule has 1 rings (SSSR count). The molecular formula is C11H8N2O4. The number of rotatable bonds is 3. The average molecular weight is 232 g/mol. The van der Waals surface area contributed by atoms with Crippen molar-refractivity contribution in [2.75, 3.05) is 0 Å². The van der Waals surface area contributed by atoms with Crippen molar-refractivity contribution in [1.82, 2.24) is 0 Å². The average Bonchev–Trinajstić information content (AvgIpc) is 2.25. The molecule has 0 spiro atoms. The van der Waals surface area contributed by atoms with Crippen molar-refractivity contribution >= 4 is 17.7 Å². The summed E-state index contributed by atoms with van der Waals surface area (Å²) in [6.07, 6.45) is 1.82. The highest BCUT2D eigenvalue weighted by atomic mass is 16.6. The quantitative estimate of drug-likeness (QED) is 0.486. The van der Waals surface area contributed by atoms with Crippen LogP contribution in [0, 0.1) is 28.4 Å². The largest absolute Gasteiger partial charge is 0.478 e. The molecule has 0 amide bonds. The van der Waals surface area contributed by atoms with Crippen LogP contribution < -0.4 is 0 Å². The minimum Gasteiger partial charge on any atom is -0.478 e. The van der Waals surface area contributed by atoms with Crippen LogP contribution in [0.2, 0.25) is 0 Å². The van der Waals surface area contributed by atoms with E-state index in [2.05, 4.69) is 0 Å². The molecule has 1 aromatic rings. The van der Waals surface area contributed by atoms with Gasteiger partial charge in [-0.1, -0.05) is 0 Å². The zero-order valence-corrected chi connectivity index (χ0v) is 8.88. The van der Waals surface area contributed by atoms with Gasteiger partial charge in [0.2, 0.25) is 0 Å². The Morgan fingerprint density at radius 1 is 1.59 bits per heavy atom.